The van der Waals surface area contributed by atoms with Crippen molar-refractivity contribution < 1.29 is 4.79 Å². The number of Topliss-reactive ketones (excluding diaryl/α,β-unsaturated/α-hetero) is 1. The monoisotopic (exact) mass is 364 g/mol. The van der Waals surface area contributed by atoms with Crippen LogP contribution in [0.2, 0.25) is 0 Å². The molecule has 1 unspecified atom stereocenters. The number of hydrogen-bond donors (Lipinski definition) is 0. The van der Waals surface area contributed by atoms with Crippen molar-refractivity contribution in [2.24, 2.45) is 0 Å². The van der Waals surface area contributed by atoms with E-state index in [2.05, 4.69) is 0 Å². The van der Waals surface area contributed by atoms with E-state index in [1.54, 1.807) is 10.6 Å². The molecule has 4 rings (SSSR count). The van der Waals surface area contributed by atoms with Crippen LogP contribution in [0.15, 0.2) is 58.5 Å². The summed E-state index contributed by atoms with van der Waals surface area (Å²) in [5.74, 6) is 0.146. The summed E-state index contributed by atoms with van der Waals surface area (Å²) >= 11 is 1.43. The Morgan fingerprint density at radius 3 is 2.73 bits per heavy atom. The van der Waals surface area contributed by atoms with Crippen LogP contribution < -0.4 is 5.56 Å². The third-order valence-corrected chi connectivity index (χ3v) is 6.13. The van der Waals surface area contributed by atoms with E-state index < -0.39 is 0 Å². The number of aromatic nitrogens is 2. The molecule has 2 aromatic carbocycles. The summed E-state index contributed by atoms with van der Waals surface area (Å²) in [7, 11) is 0. The Bertz CT molecular complexity index is 1040. The van der Waals surface area contributed by atoms with Crippen molar-refractivity contribution in [2.75, 3.05) is 0 Å². The molecule has 0 spiro atoms. The standard InChI is InChI=1S/C21H20N2O2S/c1-2-23-20(25)16-11-5-6-12-17(16)22-21(23)26-18-13-7-9-14-8-3-4-10-15(14)19(18)24/h3-6,8,10-12,18H,2,7,9,13H2,1H3. The molecule has 132 valence electrons. The average Bonchev–Trinajstić information content (AvgIpc) is 2.82. The smallest absolute Gasteiger partial charge is 0.262 e. The van der Waals surface area contributed by atoms with Crippen LogP contribution in [0.1, 0.15) is 35.7 Å². The number of benzene rings is 2. The van der Waals surface area contributed by atoms with Gasteiger partial charge in [0, 0.05) is 12.1 Å². The van der Waals surface area contributed by atoms with Gasteiger partial charge in [-0.3, -0.25) is 14.2 Å². The van der Waals surface area contributed by atoms with Crippen LogP contribution in [0.4, 0.5) is 0 Å². The highest BCUT2D eigenvalue weighted by Gasteiger charge is 2.27. The molecule has 0 fully saturated rings. The van der Waals surface area contributed by atoms with Gasteiger partial charge < -0.3 is 0 Å². The highest BCUT2D eigenvalue weighted by Crippen LogP contribution is 2.32. The van der Waals surface area contributed by atoms with E-state index in [4.69, 9.17) is 4.98 Å². The zero-order chi connectivity index (χ0) is 18.1. The van der Waals surface area contributed by atoms with E-state index in [1.807, 2.05) is 49.4 Å². The third-order valence-electron chi connectivity index (χ3n) is 4.88. The van der Waals surface area contributed by atoms with E-state index in [0.717, 1.165) is 30.4 Å². The van der Waals surface area contributed by atoms with Gasteiger partial charge in [0.15, 0.2) is 10.9 Å². The fourth-order valence-electron chi connectivity index (χ4n) is 3.52. The molecule has 1 aromatic heterocycles. The van der Waals surface area contributed by atoms with Gasteiger partial charge in [-0.25, -0.2) is 4.98 Å². The number of nitrogens with zero attached hydrogens (tertiary/aromatic N) is 2. The minimum atomic E-state index is -0.204. The lowest BCUT2D eigenvalue weighted by molar-refractivity contribution is 0.0988. The molecule has 0 saturated carbocycles. The maximum atomic E-state index is 13.1. The van der Waals surface area contributed by atoms with E-state index in [1.165, 1.54) is 11.8 Å². The topological polar surface area (TPSA) is 52.0 Å². The molecular formula is C21H20N2O2S. The van der Waals surface area contributed by atoms with Gasteiger partial charge in [0.2, 0.25) is 0 Å². The minimum absolute atomic E-state index is 0.0397. The van der Waals surface area contributed by atoms with Gasteiger partial charge in [0.05, 0.1) is 16.2 Å². The molecule has 1 aliphatic rings. The molecule has 0 bridgehead atoms. The summed E-state index contributed by atoms with van der Waals surface area (Å²) in [6.07, 6.45) is 2.68. The summed E-state index contributed by atoms with van der Waals surface area (Å²) in [5, 5.41) is 1.05. The van der Waals surface area contributed by atoms with Gasteiger partial charge >= 0.3 is 0 Å². The molecule has 0 radical (unpaired) electrons. The molecule has 1 heterocycles. The van der Waals surface area contributed by atoms with Gasteiger partial charge in [-0.2, -0.15) is 0 Å². The molecule has 26 heavy (non-hydrogen) atoms. The number of carbonyl (C=O) groups excluding carboxylic acids is 1. The van der Waals surface area contributed by atoms with Crippen LogP contribution in [0.3, 0.4) is 0 Å². The molecule has 1 atom stereocenters. The predicted octanol–water partition coefficient (Wildman–Crippen LogP) is 4.10. The molecule has 4 nitrogen and oxygen atoms in total. The number of rotatable bonds is 3. The fourth-order valence-corrected chi connectivity index (χ4v) is 4.78. The molecule has 0 amide bonds. The number of carbonyl (C=O) groups is 1. The van der Waals surface area contributed by atoms with E-state index in [0.29, 0.717) is 22.6 Å². The second-order valence-electron chi connectivity index (χ2n) is 6.48. The van der Waals surface area contributed by atoms with Crippen molar-refractivity contribution in [1.82, 2.24) is 9.55 Å². The Balaban J connectivity index is 1.75. The lowest BCUT2D eigenvalue weighted by Gasteiger charge is -2.16. The van der Waals surface area contributed by atoms with Crippen molar-refractivity contribution in [2.45, 2.75) is 43.1 Å². The van der Waals surface area contributed by atoms with E-state index >= 15 is 0 Å². The quantitative estimate of drug-likeness (QED) is 0.519. The Labute approximate surface area is 156 Å². The first kappa shape index (κ1) is 17.0. The summed E-state index contributed by atoms with van der Waals surface area (Å²) in [5.41, 5.74) is 2.59. The Morgan fingerprint density at radius 1 is 1.12 bits per heavy atom. The van der Waals surface area contributed by atoms with Crippen molar-refractivity contribution in [3.63, 3.8) is 0 Å². The predicted molar refractivity (Wildman–Crippen MR) is 105 cm³/mol. The van der Waals surface area contributed by atoms with Crippen LogP contribution in [0.5, 0.6) is 0 Å². The first-order valence-electron chi connectivity index (χ1n) is 8.97. The number of ketones is 1. The molecule has 0 N–H and O–H groups in total. The van der Waals surface area contributed by atoms with Gasteiger partial charge in [-0.15, -0.1) is 0 Å². The molecular weight excluding hydrogens is 344 g/mol. The van der Waals surface area contributed by atoms with E-state index in [9.17, 15) is 9.59 Å². The number of thioether (sulfide) groups is 1. The summed E-state index contributed by atoms with van der Waals surface area (Å²) in [4.78, 5) is 30.5. The normalized spacial score (nSPS) is 17.1. The second kappa shape index (κ2) is 7.08. The van der Waals surface area contributed by atoms with Crippen molar-refractivity contribution in [1.29, 1.82) is 0 Å². The van der Waals surface area contributed by atoms with Gasteiger partial charge in [0.1, 0.15) is 0 Å². The molecule has 5 heteroatoms. The fraction of sp³-hybridized carbons (Fsp3) is 0.286. The Hall–Kier alpha value is -2.40. The number of aryl methyl sites for hydroxylation is 1. The number of para-hydroxylation sites is 1. The molecule has 3 aromatic rings. The SMILES string of the molecule is CCn1c(SC2CCCc3ccccc3C2=O)nc2ccccc2c1=O. The van der Waals surface area contributed by atoms with Crippen molar-refractivity contribution in [3.05, 3.63) is 70.0 Å². The number of fused-ring (bicyclic) bond motifs is 2. The highest BCUT2D eigenvalue weighted by molar-refractivity contribution is 8.00. The second-order valence-corrected chi connectivity index (χ2v) is 7.65. The van der Waals surface area contributed by atoms with Gasteiger partial charge in [-0.1, -0.05) is 48.2 Å². The summed E-state index contributed by atoms with van der Waals surface area (Å²) in [6, 6.07) is 15.2. The Kier molecular flexibility index (Phi) is 4.64. The van der Waals surface area contributed by atoms with Crippen LogP contribution in [0, 0.1) is 0 Å². The Morgan fingerprint density at radius 2 is 1.88 bits per heavy atom. The average molecular weight is 364 g/mol. The highest BCUT2D eigenvalue weighted by atomic mass is 32.2. The first-order chi connectivity index (χ1) is 12.7. The zero-order valence-corrected chi connectivity index (χ0v) is 15.5. The zero-order valence-electron chi connectivity index (χ0n) is 14.6. The molecule has 1 aliphatic carbocycles. The van der Waals surface area contributed by atoms with Gasteiger partial charge in [0.25, 0.3) is 5.56 Å². The maximum Gasteiger partial charge on any atom is 0.262 e. The largest absolute Gasteiger partial charge is 0.293 e. The summed E-state index contributed by atoms with van der Waals surface area (Å²) < 4.78 is 1.68. The van der Waals surface area contributed by atoms with E-state index in [-0.39, 0.29) is 16.6 Å². The lowest BCUT2D eigenvalue weighted by Crippen LogP contribution is -2.25. The van der Waals surface area contributed by atoms with Crippen LogP contribution in [-0.4, -0.2) is 20.6 Å². The van der Waals surface area contributed by atoms with Crippen LogP contribution >= 0.6 is 11.8 Å². The molecule has 0 saturated heterocycles. The first-order valence-corrected chi connectivity index (χ1v) is 9.85. The van der Waals surface area contributed by atoms with Crippen molar-refractivity contribution in [3.8, 4) is 0 Å². The van der Waals surface area contributed by atoms with Crippen LogP contribution in [0.25, 0.3) is 10.9 Å². The van der Waals surface area contributed by atoms with Crippen molar-refractivity contribution >= 4 is 28.4 Å². The molecule has 0 aliphatic heterocycles. The minimum Gasteiger partial charge on any atom is -0.293 e. The summed E-state index contributed by atoms with van der Waals surface area (Å²) in [6.45, 7) is 2.47. The third kappa shape index (κ3) is 2.97. The number of hydrogen-bond acceptors (Lipinski definition) is 4. The van der Waals surface area contributed by atoms with Gasteiger partial charge in [-0.05, 0) is 43.9 Å². The lowest BCUT2D eigenvalue weighted by atomic mass is 10.0. The van der Waals surface area contributed by atoms with Crippen LogP contribution in [-0.2, 0) is 13.0 Å². The maximum absolute atomic E-state index is 13.1.